The van der Waals surface area contributed by atoms with Gasteiger partial charge >= 0.3 is 0 Å². The molecular weight excluding hydrogens is 236 g/mol. The largest absolute Gasteiger partial charge is 0.340 e. The second-order valence-corrected chi connectivity index (χ2v) is 4.72. The third-order valence-electron chi connectivity index (χ3n) is 3.52. The smallest absolute Gasteiger partial charge is 0.120 e. The summed E-state index contributed by atoms with van der Waals surface area (Å²) in [7, 11) is 1.92. The quantitative estimate of drug-likeness (QED) is 0.910. The first-order valence-electron chi connectivity index (χ1n) is 6.29. The Morgan fingerprint density at radius 3 is 2.68 bits per heavy atom. The van der Waals surface area contributed by atoms with E-state index in [4.69, 9.17) is 5.26 Å². The van der Waals surface area contributed by atoms with Crippen LogP contribution in [0.25, 0.3) is 0 Å². The van der Waals surface area contributed by atoms with Gasteiger partial charge in [-0.25, -0.2) is 0 Å². The van der Waals surface area contributed by atoms with E-state index in [1.165, 1.54) is 16.7 Å². The molecule has 2 heterocycles. The zero-order valence-corrected chi connectivity index (χ0v) is 11.6. The predicted molar refractivity (Wildman–Crippen MR) is 74.4 cm³/mol. The maximum Gasteiger partial charge on any atom is 0.120 e. The molecule has 0 aliphatic carbocycles. The SMILES string of the molecule is Cc1cnccc1CNCc1cc(C#N)n(C)c1C. The van der Waals surface area contributed by atoms with Crippen molar-refractivity contribution in [3.05, 3.63) is 52.6 Å². The molecule has 0 radical (unpaired) electrons. The molecule has 0 unspecified atom stereocenters. The summed E-state index contributed by atoms with van der Waals surface area (Å²) in [6, 6.07) is 6.18. The lowest BCUT2D eigenvalue weighted by Gasteiger charge is -2.07. The van der Waals surface area contributed by atoms with Gasteiger partial charge in [-0.15, -0.1) is 0 Å². The van der Waals surface area contributed by atoms with E-state index in [2.05, 4.69) is 23.3 Å². The van der Waals surface area contributed by atoms with E-state index in [0.29, 0.717) is 5.69 Å². The van der Waals surface area contributed by atoms with Crippen molar-refractivity contribution in [2.75, 3.05) is 0 Å². The van der Waals surface area contributed by atoms with E-state index >= 15 is 0 Å². The second-order valence-electron chi connectivity index (χ2n) is 4.72. The third kappa shape index (κ3) is 2.83. The second kappa shape index (κ2) is 5.68. The van der Waals surface area contributed by atoms with Gasteiger partial charge in [0, 0.05) is 38.2 Å². The molecule has 4 heteroatoms. The lowest BCUT2D eigenvalue weighted by Crippen LogP contribution is -2.14. The number of nitrogens with zero attached hydrogens (tertiary/aromatic N) is 3. The molecule has 0 aliphatic rings. The van der Waals surface area contributed by atoms with Gasteiger partial charge in [0.2, 0.25) is 0 Å². The molecule has 2 aromatic heterocycles. The molecule has 2 rings (SSSR count). The highest BCUT2D eigenvalue weighted by molar-refractivity contribution is 5.34. The van der Waals surface area contributed by atoms with Crippen LogP contribution in [-0.2, 0) is 20.1 Å². The first-order chi connectivity index (χ1) is 9.13. The number of pyridine rings is 1. The van der Waals surface area contributed by atoms with Gasteiger partial charge in [-0.2, -0.15) is 5.26 Å². The van der Waals surface area contributed by atoms with Gasteiger partial charge in [0.1, 0.15) is 11.8 Å². The maximum absolute atomic E-state index is 9.00. The summed E-state index contributed by atoms with van der Waals surface area (Å²) in [5, 5.41) is 12.4. The number of nitrogens with one attached hydrogen (secondary N) is 1. The molecule has 2 aromatic rings. The van der Waals surface area contributed by atoms with Gasteiger partial charge in [0.05, 0.1) is 0 Å². The van der Waals surface area contributed by atoms with E-state index < -0.39 is 0 Å². The lowest BCUT2D eigenvalue weighted by atomic mass is 10.1. The van der Waals surface area contributed by atoms with E-state index in [9.17, 15) is 0 Å². The average molecular weight is 254 g/mol. The van der Waals surface area contributed by atoms with Crippen molar-refractivity contribution in [3.8, 4) is 6.07 Å². The monoisotopic (exact) mass is 254 g/mol. The lowest BCUT2D eigenvalue weighted by molar-refractivity contribution is 0.684. The Hall–Kier alpha value is -2.12. The van der Waals surface area contributed by atoms with Crippen LogP contribution in [0.3, 0.4) is 0 Å². The number of nitriles is 1. The Balaban J connectivity index is 2.01. The summed E-state index contributed by atoms with van der Waals surface area (Å²) in [6.07, 6.45) is 3.68. The van der Waals surface area contributed by atoms with Crippen LogP contribution in [0.2, 0.25) is 0 Å². The highest BCUT2D eigenvalue weighted by Crippen LogP contribution is 2.13. The van der Waals surface area contributed by atoms with Crippen molar-refractivity contribution in [3.63, 3.8) is 0 Å². The summed E-state index contributed by atoms with van der Waals surface area (Å²) in [6.45, 7) is 5.68. The van der Waals surface area contributed by atoms with E-state index in [1.807, 2.05) is 43.1 Å². The summed E-state index contributed by atoms with van der Waals surface area (Å²) < 4.78 is 1.93. The molecule has 1 N–H and O–H groups in total. The minimum Gasteiger partial charge on any atom is -0.340 e. The standard InChI is InChI=1S/C15H18N4/c1-11-8-17-5-4-13(11)9-18-10-14-6-15(7-16)19(3)12(14)2/h4-6,8,18H,9-10H2,1-3H3. The Bertz CT molecular complexity index is 620. The topological polar surface area (TPSA) is 53.6 Å². The number of hydrogen-bond donors (Lipinski definition) is 1. The number of hydrogen-bond acceptors (Lipinski definition) is 3. The van der Waals surface area contributed by atoms with E-state index in [0.717, 1.165) is 18.8 Å². The van der Waals surface area contributed by atoms with Crippen LogP contribution in [0, 0.1) is 25.2 Å². The zero-order chi connectivity index (χ0) is 13.8. The molecule has 4 nitrogen and oxygen atoms in total. The Morgan fingerprint density at radius 2 is 2.05 bits per heavy atom. The molecule has 0 atom stereocenters. The fraction of sp³-hybridized carbons (Fsp3) is 0.333. The van der Waals surface area contributed by atoms with E-state index in [1.54, 1.807) is 0 Å². The van der Waals surface area contributed by atoms with Crippen LogP contribution in [0.15, 0.2) is 24.5 Å². The predicted octanol–water partition coefficient (Wildman–Crippen LogP) is 2.20. The molecule has 0 saturated carbocycles. The fourth-order valence-corrected chi connectivity index (χ4v) is 2.08. The first-order valence-corrected chi connectivity index (χ1v) is 6.29. The van der Waals surface area contributed by atoms with Crippen molar-refractivity contribution >= 4 is 0 Å². The fourth-order valence-electron chi connectivity index (χ4n) is 2.08. The highest BCUT2D eigenvalue weighted by atomic mass is 15.0. The summed E-state index contributed by atoms with van der Waals surface area (Å²) >= 11 is 0. The van der Waals surface area contributed by atoms with Crippen LogP contribution in [-0.4, -0.2) is 9.55 Å². The zero-order valence-electron chi connectivity index (χ0n) is 11.6. The average Bonchev–Trinajstić information content (AvgIpc) is 2.69. The Morgan fingerprint density at radius 1 is 1.32 bits per heavy atom. The van der Waals surface area contributed by atoms with Crippen molar-refractivity contribution in [2.45, 2.75) is 26.9 Å². The molecule has 98 valence electrons. The molecule has 0 spiro atoms. The molecular formula is C15H18N4. The molecule has 19 heavy (non-hydrogen) atoms. The van der Waals surface area contributed by atoms with E-state index in [-0.39, 0.29) is 0 Å². The Labute approximate surface area is 113 Å². The molecule has 0 bridgehead atoms. The molecule has 0 aromatic carbocycles. The van der Waals surface area contributed by atoms with Crippen LogP contribution < -0.4 is 5.32 Å². The van der Waals surface area contributed by atoms with Crippen molar-refractivity contribution < 1.29 is 0 Å². The summed E-state index contributed by atoms with van der Waals surface area (Å²) in [5.41, 5.74) is 5.46. The maximum atomic E-state index is 9.00. The highest BCUT2D eigenvalue weighted by Gasteiger charge is 2.08. The Kier molecular flexibility index (Phi) is 3.98. The van der Waals surface area contributed by atoms with Crippen LogP contribution in [0.5, 0.6) is 0 Å². The number of rotatable bonds is 4. The molecule has 0 aliphatic heterocycles. The van der Waals surface area contributed by atoms with Crippen LogP contribution in [0.4, 0.5) is 0 Å². The van der Waals surface area contributed by atoms with Gasteiger partial charge < -0.3 is 9.88 Å². The molecule has 0 saturated heterocycles. The minimum atomic E-state index is 0.703. The van der Waals surface area contributed by atoms with Crippen LogP contribution >= 0.6 is 0 Å². The molecule has 0 amide bonds. The van der Waals surface area contributed by atoms with Crippen molar-refractivity contribution in [1.29, 1.82) is 5.26 Å². The van der Waals surface area contributed by atoms with Crippen molar-refractivity contribution in [1.82, 2.24) is 14.9 Å². The van der Waals surface area contributed by atoms with Crippen LogP contribution in [0.1, 0.15) is 28.1 Å². The van der Waals surface area contributed by atoms with Gasteiger partial charge in [0.15, 0.2) is 0 Å². The van der Waals surface area contributed by atoms with Gasteiger partial charge in [-0.1, -0.05) is 0 Å². The van der Waals surface area contributed by atoms with Gasteiger partial charge in [-0.05, 0) is 42.7 Å². The molecule has 0 fully saturated rings. The van der Waals surface area contributed by atoms with Gasteiger partial charge in [0.25, 0.3) is 0 Å². The number of aryl methyl sites for hydroxylation is 1. The summed E-state index contributed by atoms with van der Waals surface area (Å²) in [5.74, 6) is 0. The third-order valence-corrected chi connectivity index (χ3v) is 3.52. The normalized spacial score (nSPS) is 10.4. The number of aromatic nitrogens is 2. The van der Waals surface area contributed by atoms with Gasteiger partial charge in [-0.3, -0.25) is 4.98 Å². The first kappa shape index (κ1) is 13.3. The van der Waals surface area contributed by atoms with Crippen molar-refractivity contribution in [2.24, 2.45) is 7.05 Å². The minimum absolute atomic E-state index is 0.703. The summed E-state index contributed by atoms with van der Waals surface area (Å²) in [4.78, 5) is 4.08.